The lowest BCUT2D eigenvalue weighted by Gasteiger charge is -2.19. The van der Waals surface area contributed by atoms with Crippen LogP contribution in [-0.4, -0.2) is 27.6 Å². The minimum Gasteiger partial charge on any atom is -0.324 e. The normalized spacial score (nSPS) is 12.0. The number of benzene rings is 2. The number of carbonyl (C=O) groups is 1. The first kappa shape index (κ1) is 19.1. The molecule has 6 nitrogen and oxygen atoms in total. The van der Waals surface area contributed by atoms with Crippen molar-refractivity contribution in [3.63, 3.8) is 0 Å². The zero-order chi connectivity index (χ0) is 20.1. The minimum absolute atomic E-state index is 0.156. The average molecular weight is 406 g/mol. The molecule has 0 bridgehead atoms. The maximum Gasteiger partial charge on any atom is 0.246 e. The lowest BCUT2D eigenvalue weighted by atomic mass is 10.1. The Morgan fingerprint density at radius 2 is 2.03 bits per heavy atom. The summed E-state index contributed by atoms with van der Waals surface area (Å²) in [6, 6.07) is 18.2. The molecule has 0 fully saturated rings. The van der Waals surface area contributed by atoms with Crippen LogP contribution in [0.3, 0.4) is 0 Å². The third-order valence-electron chi connectivity index (χ3n) is 4.61. The highest BCUT2D eigenvalue weighted by molar-refractivity contribution is 6.30. The Kier molecular flexibility index (Phi) is 5.84. The third kappa shape index (κ3) is 4.80. The number of halogens is 1. The molecule has 0 aliphatic heterocycles. The zero-order valence-electron chi connectivity index (χ0n) is 15.6. The van der Waals surface area contributed by atoms with Gasteiger partial charge in [0, 0.05) is 41.0 Å². The second-order valence-electron chi connectivity index (χ2n) is 6.67. The lowest BCUT2D eigenvalue weighted by molar-refractivity contribution is -0.118. The highest BCUT2D eigenvalue weighted by Crippen LogP contribution is 2.22. The Hall–Kier alpha value is -3.22. The van der Waals surface area contributed by atoms with Crippen molar-refractivity contribution >= 4 is 34.1 Å². The zero-order valence-corrected chi connectivity index (χ0v) is 16.4. The molecule has 1 amide bonds. The van der Waals surface area contributed by atoms with E-state index in [1.54, 1.807) is 24.5 Å². The quantitative estimate of drug-likeness (QED) is 0.432. The summed E-state index contributed by atoms with van der Waals surface area (Å²) in [6.07, 6.45) is 4.21. The molecule has 2 aromatic carbocycles. The standard InChI is InChI=1S/C22H20ClN5O/c23-17-5-3-4-15(12-17)21(25-11-9-18-6-1-2-10-24-18)22(29)27-19-7-8-20-16(13-19)14-26-28-20/h1-8,10,12-14,21,25H,9,11H2,(H,26,28)(H,27,29). The maximum atomic E-state index is 13.1. The fraction of sp³-hybridized carbons (Fsp3) is 0.136. The molecule has 4 rings (SSSR count). The van der Waals surface area contributed by atoms with Gasteiger partial charge in [-0.3, -0.25) is 14.9 Å². The number of hydrogen-bond acceptors (Lipinski definition) is 4. The molecular formula is C22H20ClN5O. The number of H-pyrrole nitrogens is 1. The van der Waals surface area contributed by atoms with Gasteiger partial charge in [-0.05, 0) is 48.0 Å². The van der Waals surface area contributed by atoms with E-state index in [0.717, 1.165) is 22.2 Å². The van der Waals surface area contributed by atoms with Crippen molar-refractivity contribution in [2.45, 2.75) is 12.5 Å². The van der Waals surface area contributed by atoms with Gasteiger partial charge in [-0.1, -0.05) is 29.8 Å². The number of pyridine rings is 1. The fourth-order valence-electron chi connectivity index (χ4n) is 3.17. The molecule has 146 valence electrons. The number of nitrogens with zero attached hydrogens (tertiary/aromatic N) is 2. The van der Waals surface area contributed by atoms with Crippen molar-refractivity contribution in [1.29, 1.82) is 0 Å². The number of aromatic amines is 1. The van der Waals surface area contributed by atoms with E-state index < -0.39 is 6.04 Å². The van der Waals surface area contributed by atoms with Crippen molar-refractivity contribution < 1.29 is 4.79 Å². The molecule has 0 aliphatic carbocycles. The molecule has 2 aromatic heterocycles. The molecule has 0 spiro atoms. The molecule has 7 heteroatoms. The van der Waals surface area contributed by atoms with Crippen LogP contribution in [0.2, 0.25) is 5.02 Å². The van der Waals surface area contributed by atoms with Crippen molar-refractivity contribution in [3.05, 3.63) is 89.3 Å². The second-order valence-corrected chi connectivity index (χ2v) is 7.11. The Bertz CT molecular complexity index is 1110. The number of aromatic nitrogens is 3. The van der Waals surface area contributed by atoms with Crippen LogP contribution in [0.4, 0.5) is 5.69 Å². The van der Waals surface area contributed by atoms with Crippen LogP contribution in [0.25, 0.3) is 10.9 Å². The van der Waals surface area contributed by atoms with Crippen LogP contribution in [0.5, 0.6) is 0 Å². The van der Waals surface area contributed by atoms with Crippen LogP contribution in [0.1, 0.15) is 17.3 Å². The summed E-state index contributed by atoms with van der Waals surface area (Å²) < 4.78 is 0. The molecular weight excluding hydrogens is 386 g/mol. The molecule has 29 heavy (non-hydrogen) atoms. The van der Waals surface area contributed by atoms with Gasteiger partial charge < -0.3 is 10.6 Å². The van der Waals surface area contributed by atoms with Gasteiger partial charge in [0.15, 0.2) is 0 Å². The first-order chi connectivity index (χ1) is 14.2. The van der Waals surface area contributed by atoms with Gasteiger partial charge >= 0.3 is 0 Å². The summed E-state index contributed by atoms with van der Waals surface area (Å²) in [5, 5.41) is 14.8. The van der Waals surface area contributed by atoms with Crippen molar-refractivity contribution in [2.75, 3.05) is 11.9 Å². The lowest BCUT2D eigenvalue weighted by Crippen LogP contribution is -2.34. The van der Waals surface area contributed by atoms with Gasteiger partial charge in [-0.15, -0.1) is 0 Å². The van der Waals surface area contributed by atoms with Gasteiger partial charge in [0.05, 0.1) is 11.7 Å². The number of rotatable bonds is 7. The van der Waals surface area contributed by atoms with Crippen molar-refractivity contribution in [3.8, 4) is 0 Å². The van der Waals surface area contributed by atoms with Gasteiger partial charge in [0.2, 0.25) is 5.91 Å². The van der Waals surface area contributed by atoms with Gasteiger partial charge in [-0.25, -0.2) is 0 Å². The number of carbonyl (C=O) groups excluding carboxylic acids is 1. The monoisotopic (exact) mass is 405 g/mol. The predicted octanol–water partition coefficient (Wildman–Crippen LogP) is 4.12. The molecule has 1 unspecified atom stereocenters. The molecule has 1 atom stereocenters. The molecule has 0 saturated heterocycles. The van der Waals surface area contributed by atoms with Gasteiger partial charge in [-0.2, -0.15) is 5.10 Å². The van der Waals surface area contributed by atoms with Crippen molar-refractivity contribution in [1.82, 2.24) is 20.5 Å². The number of hydrogen-bond donors (Lipinski definition) is 3. The van der Waals surface area contributed by atoms with Crippen LogP contribution >= 0.6 is 11.6 Å². The third-order valence-corrected chi connectivity index (χ3v) is 4.84. The predicted molar refractivity (Wildman–Crippen MR) is 115 cm³/mol. The van der Waals surface area contributed by atoms with E-state index in [4.69, 9.17) is 11.6 Å². The molecule has 4 aromatic rings. The van der Waals surface area contributed by atoms with E-state index in [1.807, 2.05) is 48.5 Å². The Morgan fingerprint density at radius 3 is 2.86 bits per heavy atom. The van der Waals surface area contributed by atoms with E-state index in [9.17, 15) is 4.79 Å². The fourth-order valence-corrected chi connectivity index (χ4v) is 3.37. The minimum atomic E-state index is -0.544. The van der Waals surface area contributed by atoms with Gasteiger partial charge in [0.25, 0.3) is 0 Å². The Morgan fingerprint density at radius 1 is 1.10 bits per heavy atom. The van der Waals surface area contributed by atoms with E-state index in [2.05, 4.69) is 25.8 Å². The first-order valence-corrected chi connectivity index (χ1v) is 9.69. The topological polar surface area (TPSA) is 82.7 Å². The number of amides is 1. The van der Waals surface area contributed by atoms with Crippen LogP contribution in [-0.2, 0) is 11.2 Å². The Labute approximate surface area is 173 Å². The molecule has 0 saturated carbocycles. The number of nitrogens with one attached hydrogen (secondary N) is 3. The van der Waals surface area contributed by atoms with Crippen molar-refractivity contribution in [2.24, 2.45) is 0 Å². The van der Waals surface area contributed by atoms with Crippen LogP contribution < -0.4 is 10.6 Å². The van der Waals surface area contributed by atoms with E-state index in [0.29, 0.717) is 23.7 Å². The smallest absolute Gasteiger partial charge is 0.246 e. The number of anilines is 1. The molecule has 0 aliphatic rings. The largest absolute Gasteiger partial charge is 0.324 e. The van der Waals surface area contributed by atoms with E-state index in [1.165, 1.54) is 0 Å². The first-order valence-electron chi connectivity index (χ1n) is 9.32. The van der Waals surface area contributed by atoms with Crippen LogP contribution in [0.15, 0.2) is 73.1 Å². The summed E-state index contributed by atoms with van der Waals surface area (Å²) in [6.45, 7) is 0.600. The summed E-state index contributed by atoms with van der Waals surface area (Å²) in [5.74, 6) is -0.156. The summed E-state index contributed by atoms with van der Waals surface area (Å²) in [4.78, 5) is 17.4. The maximum absolute atomic E-state index is 13.1. The van der Waals surface area contributed by atoms with Gasteiger partial charge in [0.1, 0.15) is 6.04 Å². The highest BCUT2D eigenvalue weighted by atomic mass is 35.5. The molecule has 0 radical (unpaired) electrons. The van der Waals surface area contributed by atoms with E-state index in [-0.39, 0.29) is 5.91 Å². The summed E-state index contributed by atoms with van der Waals surface area (Å²) in [5.41, 5.74) is 3.40. The van der Waals surface area contributed by atoms with E-state index >= 15 is 0 Å². The second kappa shape index (κ2) is 8.86. The summed E-state index contributed by atoms with van der Waals surface area (Å²) in [7, 11) is 0. The highest BCUT2D eigenvalue weighted by Gasteiger charge is 2.20. The summed E-state index contributed by atoms with van der Waals surface area (Å²) >= 11 is 6.16. The molecule has 2 heterocycles. The van der Waals surface area contributed by atoms with Crippen LogP contribution in [0, 0.1) is 0 Å². The average Bonchev–Trinajstić information content (AvgIpc) is 3.20. The Balaban J connectivity index is 1.50. The SMILES string of the molecule is O=C(Nc1ccc2[nH]ncc2c1)C(NCCc1ccccn1)c1cccc(Cl)c1. The molecule has 3 N–H and O–H groups in total. The number of fused-ring (bicyclic) bond motifs is 1.